The molecule has 2 atom stereocenters. The zero-order valence-corrected chi connectivity index (χ0v) is 23.8. The third kappa shape index (κ3) is 7.59. The van der Waals surface area contributed by atoms with E-state index in [1.165, 1.54) is 0 Å². The van der Waals surface area contributed by atoms with E-state index in [9.17, 15) is 14.4 Å². The molecular weight excluding hydrogens is 478 g/mol. The van der Waals surface area contributed by atoms with Crippen molar-refractivity contribution in [2.24, 2.45) is 0 Å². The minimum atomic E-state index is -0.897. The summed E-state index contributed by atoms with van der Waals surface area (Å²) in [6.45, 7) is 13.1. The lowest BCUT2D eigenvalue weighted by Gasteiger charge is -2.44. The molecular formula is C31H43N3O4. The standard InChI is InChI=1S/C31H43N3O4/c1-20(2)32-28(35)27(26-21(3)13-11-14-22(26)4)34(24-17-12-18-24)29(36)25(19-23-15-9-8-10-16-23)33-30(37)38-31(5,6)7/h8-11,13-16,20,24-25,27H,12,17-19H2,1-7H3,(H,32,35)(H,33,37). The van der Waals surface area contributed by atoms with E-state index in [1.54, 1.807) is 25.7 Å². The Morgan fingerprint density at radius 3 is 2.05 bits per heavy atom. The van der Waals surface area contributed by atoms with Gasteiger partial charge in [-0.2, -0.15) is 0 Å². The molecule has 0 aromatic heterocycles. The number of hydrogen-bond acceptors (Lipinski definition) is 4. The lowest BCUT2D eigenvalue weighted by Crippen LogP contribution is -2.58. The van der Waals surface area contributed by atoms with Crippen molar-refractivity contribution in [1.82, 2.24) is 15.5 Å². The van der Waals surface area contributed by atoms with Crippen LogP contribution in [0.2, 0.25) is 0 Å². The highest BCUT2D eigenvalue weighted by atomic mass is 16.6. The zero-order chi connectivity index (χ0) is 28.0. The number of carbonyl (C=O) groups excluding carboxylic acids is 3. The average Bonchev–Trinajstić information content (AvgIpc) is 2.77. The number of nitrogens with one attached hydrogen (secondary N) is 2. The lowest BCUT2D eigenvalue weighted by atomic mass is 9.86. The van der Waals surface area contributed by atoms with Crippen molar-refractivity contribution < 1.29 is 19.1 Å². The molecule has 0 heterocycles. The molecule has 206 valence electrons. The molecule has 1 aliphatic rings. The van der Waals surface area contributed by atoms with E-state index in [0.29, 0.717) is 0 Å². The van der Waals surface area contributed by atoms with Gasteiger partial charge in [0.25, 0.3) is 0 Å². The molecule has 7 heteroatoms. The summed E-state index contributed by atoms with van der Waals surface area (Å²) in [7, 11) is 0. The molecule has 1 aliphatic carbocycles. The van der Waals surface area contributed by atoms with E-state index in [2.05, 4.69) is 10.6 Å². The summed E-state index contributed by atoms with van der Waals surface area (Å²) in [6.07, 6.45) is 2.24. The number of aryl methyl sites for hydroxylation is 2. The van der Waals surface area contributed by atoms with Crippen molar-refractivity contribution in [3.63, 3.8) is 0 Å². The van der Waals surface area contributed by atoms with Gasteiger partial charge in [-0.15, -0.1) is 0 Å². The number of rotatable bonds is 9. The number of carbonyl (C=O) groups is 3. The van der Waals surface area contributed by atoms with Gasteiger partial charge in [0, 0.05) is 18.5 Å². The predicted molar refractivity (Wildman–Crippen MR) is 150 cm³/mol. The summed E-state index contributed by atoms with van der Waals surface area (Å²) in [5.41, 5.74) is 2.93. The highest BCUT2D eigenvalue weighted by Crippen LogP contribution is 2.36. The first-order valence-electron chi connectivity index (χ1n) is 13.6. The van der Waals surface area contributed by atoms with Gasteiger partial charge in [-0.25, -0.2) is 4.79 Å². The highest BCUT2D eigenvalue weighted by Gasteiger charge is 2.43. The maximum absolute atomic E-state index is 14.5. The molecule has 0 radical (unpaired) electrons. The second-order valence-corrected chi connectivity index (χ2v) is 11.6. The topological polar surface area (TPSA) is 87.7 Å². The van der Waals surface area contributed by atoms with Crippen LogP contribution in [0.4, 0.5) is 4.79 Å². The maximum atomic E-state index is 14.5. The highest BCUT2D eigenvalue weighted by molar-refractivity contribution is 5.93. The molecule has 2 N–H and O–H groups in total. The van der Waals surface area contributed by atoms with Crippen LogP contribution in [0.5, 0.6) is 0 Å². The van der Waals surface area contributed by atoms with Crippen LogP contribution in [-0.2, 0) is 20.7 Å². The second-order valence-electron chi connectivity index (χ2n) is 11.6. The Balaban J connectivity index is 2.08. The fourth-order valence-electron chi connectivity index (χ4n) is 4.88. The molecule has 2 unspecified atom stereocenters. The van der Waals surface area contributed by atoms with Crippen LogP contribution in [0.1, 0.15) is 82.2 Å². The van der Waals surface area contributed by atoms with Crippen LogP contribution in [0.3, 0.4) is 0 Å². The molecule has 2 aromatic rings. The predicted octanol–water partition coefficient (Wildman–Crippen LogP) is 5.39. The van der Waals surface area contributed by atoms with Crippen molar-refractivity contribution in [2.45, 2.75) is 104 Å². The van der Waals surface area contributed by atoms with Gasteiger partial charge < -0.3 is 20.3 Å². The summed E-state index contributed by atoms with van der Waals surface area (Å²) in [5, 5.41) is 5.89. The first kappa shape index (κ1) is 29.2. The first-order valence-corrected chi connectivity index (χ1v) is 13.6. The van der Waals surface area contributed by atoms with Crippen LogP contribution in [0, 0.1) is 13.8 Å². The SMILES string of the molecule is Cc1cccc(C)c1C(C(=O)NC(C)C)N(C(=O)C(Cc1ccccc1)NC(=O)OC(C)(C)C)C1CCC1. The Hall–Kier alpha value is -3.35. The van der Waals surface area contributed by atoms with E-state index in [1.807, 2.05) is 76.2 Å². The van der Waals surface area contributed by atoms with Crippen LogP contribution in [0.15, 0.2) is 48.5 Å². The molecule has 7 nitrogen and oxygen atoms in total. The van der Waals surface area contributed by atoms with Gasteiger partial charge in [0.05, 0.1) is 0 Å². The summed E-state index contributed by atoms with van der Waals surface area (Å²) < 4.78 is 5.52. The van der Waals surface area contributed by atoms with Crippen LogP contribution >= 0.6 is 0 Å². The maximum Gasteiger partial charge on any atom is 0.408 e. The normalized spacial score (nSPS) is 15.3. The van der Waals surface area contributed by atoms with Gasteiger partial charge in [-0.3, -0.25) is 9.59 Å². The molecule has 3 rings (SSSR count). The largest absolute Gasteiger partial charge is 0.444 e. The Morgan fingerprint density at radius 2 is 1.55 bits per heavy atom. The second kappa shape index (κ2) is 12.5. The fraction of sp³-hybridized carbons (Fsp3) is 0.516. The fourth-order valence-corrected chi connectivity index (χ4v) is 4.88. The van der Waals surface area contributed by atoms with E-state index in [-0.39, 0.29) is 30.3 Å². The number of amides is 3. The number of alkyl carbamates (subject to hydrolysis) is 1. The Morgan fingerprint density at radius 1 is 0.947 bits per heavy atom. The first-order chi connectivity index (χ1) is 17.9. The van der Waals surface area contributed by atoms with E-state index in [0.717, 1.165) is 41.5 Å². The molecule has 0 aliphatic heterocycles. The van der Waals surface area contributed by atoms with Gasteiger partial charge in [-0.05, 0) is 90.0 Å². The number of ether oxygens (including phenoxy) is 1. The third-order valence-electron chi connectivity index (χ3n) is 6.77. The molecule has 1 saturated carbocycles. The van der Waals surface area contributed by atoms with E-state index < -0.39 is 23.8 Å². The van der Waals surface area contributed by atoms with Gasteiger partial charge in [-0.1, -0.05) is 48.5 Å². The van der Waals surface area contributed by atoms with E-state index in [4.69, 9.17) is 4.74 Å². The molecule has 38 heavy (non-hydrogen) atoms. The van der Waals surface area contributed by atoms with Crippen LogP contribution in [0.25, 0.3) is 0 Å². The van der Waals surface area contributed by atoms with Crippen LogP contribution in [-0.4, -0.2) is 46.5 Å². The smallest absolute Gasteiger partial charge is 0.408 e. The Labute approximate surface area is 227 Å². The number of hydrogen-bond donors (Lipinski definition) is 2. The van der Waals surface area contributed by atoms with Gasteiger partial charge >= 0.3 is 6.09 Å². The third-order valence-corrected chi connectivity index (χ3v) is 6.77. The summed E-state index contributed by atoms with van der Waals surface area (Å²) in [5.74, 6) is -0.496. The summed E-state index contributed by atoms with van der Waals surface area (Å²) in [4.78, 5) is 42.9. The lowest BCUT2D eigenvalue weighted by molar-refractivity contribution is -0.147. The quantitative estimate of drug-likeness (QED) is 0.463. The van der Waals surface area contributed by atoms with Crippen molar-refractivity contribution in [3.8, 4) is 0 Å². The summed E-state index contributed by atoms with van der Waals surface area (Å²) >= 11 is 0. The molecule has 0 saturated heterocycles. The zero-order valence-electron chi connectivity index (χ0n) is 23.8. The molecule has 2 aromatic carbocycles. The molecule has 0 bridgehead atoms. The monoisotopic (exact) mass is 521 g/mol. The van der Waals surface area contributed by atoms with Crippen molar-refractivity contribution in [3.05, 3.63) is 70.8 Å². The van der Waals surface area contributed by atoms with Crippen molar-refractivity contribution in [1.29, 1.82) is 0 Å². The van der Waals surface area contributed by atoms with Gasteiger partial charge in [0.15, 0.2) is 0 Å². The summed E-state index contributed by atoms with van der Waals surface area (Å²) in [6, 6.07) is 13.6. The van der Waals surface area contributed by atoms with Crippen LogP contribution < -0.4 is 10.6 Å². The number of benzene rings is 2. The Kier molecular flexibility index (Phi) is 9.58. The van der Waals surface area contributed by atoms with Gasteiger partial charge in [0.1, 0.15) is 17.7 Å². The molecule has 3 amide bonds. The number of nitrogens with zero attached hydrogens (tertiary/aromatic N) is 1. The minimum absolute atomic E-state index is 0.0901. The molecule has 0 spiro atoms. The Bertz CT molecular complexity index is 1100. The van der Waals surface area contributed by atoms with E-state index >= 15 is 0 Å². The van der Waals surface area contributed by atoms with Crippen molar-refractivity contribution in [2.75, 3.05) is 0 Å². The average molecular weight is 522 g/mol. The van der Waals surface area contributed by atoms with Gasteiger partial charge in [0.2, 0.25) is 11.8 Å². The minimum Gasteiger partial charge on any atom is -0.444 e. The molecule has 1 fully saturated rings. The van der Waals surface area contributed by atoms with Crippen molar-refractivity contribution >= 4 is 17.9 Å².